The average Bonchev–Trinajstić information content (AvgIpc) is 3.51. The molecule has 1 aliphatic rings. The highest BCUT2D eigenvalue weighted by Gasteiger charge is 2.29. The molecule has 2 N–H and O–H groups in total. The number of hydrogen-bond donors (Lipinski definition) is 2. The SMILES string of the molecule is COc1cc(N(C)C2CCN(C)C2)c([N+](=O)[O-])cc1Nc1ncc(Cl)c(-c2c[nH]c3ccccc23)n1. The lowest BCUT2D eigenvalue weighted by Crippen LogP contribution is -2.34. The molecule has 0 amide bonds. The van der Waals surface area contributed by atoms with Gasteiger partial charge in [0.25, 0.3) is 5.69 Å². The summed E-state index contributed by atoms with van der Waals surface area (Å²) >= 11 is 6.45. The molecule has 36 heavy (non-hydrogen) atoms. The lowest BCUT2D eigenvalue weighted by atomic mass is 10.1. The van der Waals surface area contributed by atoms with Gasteiger partial charge in [-0.05, 0) is 26.1 Å². The zero-order chi connectivity index (χ0) is 25.4. The molecule has 0 radical (unpaired) electrons. The van der Waals surface area contributed by atoms with Crippen molar-refractivity contribution in [2.45, 2.75) is 12.5 Å². The van der Waals surface area contributed by atoms with Crippen LogP contribution in [0.3, 0.4) is 0 Å². The van der Waals surface area contributed by atoms with E-state index in [2.05, 4.69) is 25.2 Å². The Morgan fingerprint density at radius 3 is 2.86 bits per heavy atom. The van der Waals surface area contributed by atoms with E-state index in [0.29, 0.717) is 27.8 Å². The van der Waals surface area contributed by atoms with Crippen LogP contribution in [0.1, 0.15) is 6.42 Å². The number of aromatic amines is 1. The fourth-order valence-electron chi connectivity index (χ4n) is 4.68. The number of para-hydroxylation sites is 1. The van der Waals surface area contributed by atoms with E-state index in [-0.39, 0.29) is 22.6 Å². The van der Waals surface area contributed by atoms with Crippen LogP contribution in [0.5, 0.6) is 5.75 Å². The smallest absolute Gasteiger partial charge is 0.294 e. The van der Waals surface area contributed by atoms with Crippen molar-refractivity contribution >= 4 is 45.5 Å². The summed E-state index contributed by atoms with van der Waals surface area (Å²) in [6.07, 6.45) is 4.29. The van der Waals surface area contributed by atoms with Crippen LogP contribution in [0, 0.1) is 10.1 Å². The molecule has 1 unspecified atom stereocenters. The summed E-state index contributed by atoms with van der Waals surface area (Å²) < 4.78 is 5.60. The molecule has 2 aromatic carbocycles. The van der Waals surface area contributed by atoms with Gasteiger partial charge in [0, 0.05) is 54.4 Å². The fraction of sp³-hybridized carbons (Fsp3) is 0.280. The Morgan fingerprint density at radius 1 is 1.33 bits per heavy atom. The molecule has 4 aromatic rings. The van der Waals surface area contributed by atoms with Gasteiger partial charge in [-0.2, -0.15) is 0 Å². The van der Waals surface area contributed by atoms with E-state index in [9.17, 15) is 10.1 Å². The van der Waals surface area contributed by atoms with Gasteiger partial charge in [-0.3, -0.25) is 10.1 Å². The van der Waals surface area contributed by atoms with Crippen molar-refractivity contribution in [2.75, 3.05) is 44.5 Å². The maximum atomic E-state index is 12.0. The van der Waals surface area contributed by atoms with Crippen LogP contribution in [0.2, 0.25) is 5.02 Å². The third-order valence-electron chi connectivity index (χ3n) is 6.62. The predicted octanol–water partition coefficient (Wildman–Crippen LogP) is 5.08. The maximum Gasteiger partial charge on any atom is 0.294 e. The van der Waals surface area contributed by atoms with Crippen LogP contribution in [-0.2, 0) is 0 Å². The summed E-state index contributed by atoms with van der Waals surface area (Å²) in [4.78, 5) is 28.0. The van der Waals surface area contributed by atoms with Gasteiger partial charge in [0.15, 0.2) is 0 Å². The van der Waals surface area contributed by atoms with Gasteiger partial charge in [-0.25, -0.2) is 9.97 Å². The van der Waals surface area contributed by atoms with E-state index in [1.54, 1.807) is 6.07 Å². The largest absolute Gasteiger partial charge is 0.494 e. The Kier molecular flexibility index (Phi) is 6.38. The van der Waals surface area contributed by atoms with Gasteiger partial charge >= 0.3 is 0 Å². The third-order valence-corrected chi connectivity index (χ3v) is 6.90. The topological polar surface area (TPSA) is 112 Å². The summed E-state index contributed by atoms with van der Waals surface area (Å²) in [5.74, 6) is 0.687. The first-order chi connectivity index (χ1) is 17.4. The number of likely N-dealkylation sites (tertiary alicyclic amines) is 1. The molecule has 0 aliphatic carbocycles. The molecule has 1 saturated heterocycles. The van der Waals surface area contributed by atoms with Crippen LogP contribution in [0.15, 0.2) is 48.8 Å². The Hall–Kier alpha value is -3.89. The Morgan fingerprint density at radius 2 is 2.14 bits per heavy atom. The highest BCUT2D eigenvalue weighted by atomic mass is 35.5. The minimum absolute atomic E-state index is 0.0267. The minimum Gasteiger partial charge on any atom is -0.494 e. The molecule has 2 aromatic heterocycles. The van der Waals surface area contributed by atoms with Crippen molar-refractivity contribution in [1.82, 2.24) is 19.9 Å². The number of nitrogens with one attached hydrogen (secondary N) is 2. The number of anilines is 3. The number of fused-ring (bicyclic) bond motifs is 1. The molecule has 186 valence electrons. The number of rotatable bonds is 7. The zero-order valence-corrected chi connectivity index (χ0v) is 20.9. The quantitative estimate of drug-likeness (QED) is 0.263. The highest BCUT2D eigenvalue weighted by Crippen LogP contribution is 2.40. The summed E-state index contributed by atoms with van der Waals surface area (Å²) in [6.45, 7) is 1.79. The first-order valence-corrected chi connectivity index (χ1v) is 11.9. The minimum atomic E-state index is -0.380. The molecule has 0 bridgehead atoms. The lowest BCUT2D eigenvalue weighted by Gasteiger charge is -2.27. The van der Waals surface area contributed by atoms with Crippen LogP contribution < -0.4 is 15.0 Å². The van der Waals surface area contributed by atoms with Crippen LogP contribution >= 0.6 is 11.6 Å². The van der Waals surface area contributed by atoms with Crippen molar-refractivity contribution < 1.29 is 9.66 Å². The molecule has 1 fully saturated rings. The van der Waals surface area contributed by atoms with E-state index in [1.165, 1.54) is 19.4 Å². The molecule has 0 spiro atoms. The number of aromatic nitrogens is 3. The number of benzene rings is 2. The number of ether oxygens (including phenoxy) is 1. The molecule has 10 nitrogen and oxygen atoms in total. The molecule has 1 atom stereocenters. The molecule has 1 aliphatic heterocycles. The molecule has 5 rings (SSSR count). The van der Waals surface area contributed by atoms with E-state index >= 15 is 0 Å². The van der Waals surface area contributed by atoms with E-state index in [4.69, 9.17) is 16.3 Å². The number of halogens is 1. The van der Waals surface area contributed by atoms with Gasteiger partial charge in [0.2, 0.25) is 5.95 Å². The first kappa shape index (κ1) is 23.8. The molecular weight excluding hydrogens is 482 g/mol. The zero-order valence-electron chi connectivity index (χ0n) is 20.2. The second-order valence-corrected chi connectivity index (χ2v) is 9.28. The normalized spacial score (nSPS) is 15.8. The summed E-state index contributed by atoms with van der Waals surface area (Å²) in [5.41, 5.74) is 3.19. The number of hydrogen-bond acceptors (Lipinski definition) is 8. The summed E-state index contributed by atoms with van der Waals surface area (Å²) in [7, 11) is 5.46. The summed E-state index contributed by atoms with van der Waals surface area (Å²) in [5, 5.41) is 16.5. The van der Waals surface area contributed by atoms with Gasteiger partial charge in [-0.1, -0.05) is 29.8 Å². The van der Waals surface area contributed by atoms with E-state index < -0.39 is 0 Å². The number of nitro benzene ring substituents is 1. The monoisotopic (exact) mass is 507 g/mol. The predicted molar refractivity (Wildman–Crippen MR) is 142 cm³/mol. The first-order valence-electron chi connectivity index (χ1n) is 11.5. The molecule has 0 saturated carbocycles. The van der Waals surface area contributed by atoms with E-state index in [0.717, 1.165) is 36.0 Å². The molecular formula is C25H26ClN7O3. The van der Waals surface area contributed by atoms with Gasteiger partial charge in [-0.15, -0.1) is 0 Å². The molecule has 11 heteroatoms. The summed E-state index contributed by atoms with van der Waals surface area (Å²) in [6, 6.07) is 11.2. The van der Waals surface area contributed by atoms with Crippen molar-refractivity contribution in [3.8, 4) is 17.0 Å². The van der Waals surface area contributed by atoms with Gasteiger partial charge in [0.05, 0.1) is 34.6 Å². The Bertz CT molecular complexity index is 1440. The third kappa shape index (κ3) is 4.40. The van der Waals surface area contributed by atoms with Crippen molar-refractivity contribution in [1.29, 1.82) is 0 Å². The van der Waals surface area contributed by atoms with Crippen LogP contribution in [0.4, 0.5) is 23.0 Å². The highest BCUT2D eigenvalue weighted by molar-refractivity contribution is 6.33. The Balaban J connectivity index is 1.52. The molecule has 3 heterocycles. The van der Waals surface area contributed by atoms with Crippen LogP contribution in [0.25, 0.3) is 22.2 Å². The average molecular weight is 508 g/mol. The van der Waals surface area contributed by atoms with E-state index in [1.807, 2.05) is 49.5 Å². The number of methoxy groups -OCH3 is 1. The van der Waals surface area contributed by atoms with Crippen LogP contribution in [-0.4, -0.2) is 65.1 Å². The Labute approximate surface area is 213 Å². The maximum absolute atomic E-state index is 12.0. The number of H-pyrrole nitrogens is 1. The second-order valence-electron chi connectivity index (χ2n) is 8.88. The van der Waals surface area contributed by atoms with Gasteiger partial charge < -0.3 is 24.8 Å². The van der Waals surface area contributed by atoms with Crippen molar-refractivity contribution in [3.05, 3.63) is 63.9 Å². The number of nitrogens with zero attached hydrogens (tertiary/aromatic N) is 5. The van der Waals surface area contributed by atoms with Crippen molar-refractivity contribution in [2.24, 2.45) is 0 Å². The number of likely N-dealkylation sites (N-methyl/N-ethyl adjacent to an activating group) is 2. The number of nitro groups is 1. The lowest BCUT2D eigenvalue weighted by molar-refractivity contribution is -0.384. The second kappa shape index (κ2) is 9.63. The standard InChI is InChI=1S/C25H26ClN7O3/c1-31-9-8-15(14-31)32(2)21-11-23(36-3)20(10-22(21)33(34)35)29-25-28-13-18(26)24(30-25)17-12-27-19-7-5-4-6-16(17)19/h4-7,10-13,15,27H,8-9,14H2,1-3H3,(H,28,29,30). The fourth-order valence-corrected chi connectivity index (χ4v) is 4.87. The van der Waals surface area contributed by atoms with Crippen molar-refractivity contribution in [3.63, 3.8) is 0 Å². The van der Waals surface area contributed by atoms with Gasteiger partial charge in [0.1, 0.15) is 11.4 Å².